The van der Waals surface area contributed by atoms with Gasteiger partial charge in [-0.1, -0.05) is 164 Å². The van der Waals surface area contributed by atoms with E-state index in [1.54, 1.807) is 35.1 Å². The number of pyridine rings is 2. The number of unbranched alkanes of at least 4 members (excludes halogenated alkanes) is 5. The van der Waals surface area contributed by atoms with Crippen molar-refractivity contribution in [3.63, 3.8) is 0 Å². The number of fused-ring (bicyclic) bond motifs is 3. The van der Waals surface area contributed by atoms with E-state index in [0.717, 1.165) is 73.8 Å². The van der Waals surface area contributed by atoms with Gasteiger partial charge in [0.05, 0.1) is 0 Å². The fraction of sp³-hybridized carbons (Fsp3) is 0.164. The monoisotopic (exact) mass is 1420 g/mol. The Kier molecular flexibility index (Phi) is 24.4. The Morgan fingerprint density at radius 1 is 0.610 bits per heavy atom. The summed E-state index contributed by atoms with van der Waals surface area (Å²) in [5, 5.41) is 24.8. The van der Waals surface area contributed by atoms with E-state index in [2.05, 4.69) is 112 Å². The van der Waals surface area contributed by atoms with E-state index in [1.165, 1.54) is 62.8 Å². The predicted octanol–water partition coefficient (Wildman–Crippen LogP) is 19.3. The summed E-state index contributed by atoms with van der Waals surface area (Å²) in [5.74, 6) is -0.543. The Morgan fingerprint density at radius 3 is 1.48 bits per heavy atom. The SMILES string of the molecule is C=C=C=C=C=C=C=CC1(CCCCCCCC)c2cc(-c3ccc(C(O)=CC(C)=O)cc3)ccc2-c2ccc(-c3ccc(C(O)=CC(C)=O)cc3)cc21.[HH].[HH].[HH].[HH].[HH].[HH].[HH].[HH].[Ir].[Ir].[c-]1ccsc1-c1ccccn1.[c-]1ccsc1-c1ccccn1. The molecule has 0 saturated carbocycles. The van der Waals surface area contributed by atoms with Crippen LogP contribution >= 0.6 is 22.7 Å². The number of aliphatic hydroxyl groups excluding tert-OH is 2. The second kappa shape index (κ2) is 31.1. The van der Waals surface area contributed by atoms with Crippen molar-refractivity contribution >= 4 is 45.8 Å². The number of aromatic nitrogens is 2. The van der Waals surface area contributed by atoms with Gasteiger partial charge in [0, 0.05) is 92.7 Å². The summed E-state index contributed by atoms with van der Waals surface area (Å²) in [6, 6.07) is 50.2. The van der Waals surface area contributed by atoms with Gasteiger partial charge in [-0.3, -0.25) is 9.59 Å². The van der Waals surface area contributed by atoms with Crippen molar-refractivity contribution in [1.29, 1.82) is 0 Å². The summed E-state index contributed by atoms with van der Waals surface area (Å²) >= 11 is 3.32. The molecule has 9 rings (SSSR count). The number of allylic oxidation sites excluding steroid dienone is 3. The van der Waals surface area contributed by atoms with Gasteiger partial charge in [-0.25, -0.2) is 22.7 Å². The Balaban J connectivity index is -0.000000853. The first-order chi connectivity index (χ1) is 36.6. The average Bonchev–Trinajstić information content (AvgIpc) is 4.28. The molecule has 406 valence electrons. The summed E-state index contributed by atoms with van der Waals surface area (Å²) in [7, 11) is 0. The third-order valence-electron chi connectivity index (χ3n) is 12.3. The number of hydrogen-bond donors (Lipinski definition) is 2. The Labute approximate surface area is 499 Å². The van der Waals surface area contributed by atoms with Crippen LogP contribution in [0.15, 0.2) is 216 Å². The number of benzene rings is 4. The first-order valence-electron chi connectivity index (χ1n) is 24.8. The zero-order chi connectivity index (χ0) is 52.8. The van der Waals surface area contributed by atoms with Crippen LogP contribution in [0.1, 0.15) is 99.4 Å². The Morgan fingerprint density at radius 2 is 1.06 bits per heavy atom. The molecule has 0 atom stereocenters. The minimum absolute atomic E-state index is 0. The summed E-state index contributed by atoms with van der Waals surface area (Å²) in [6.07, 6.45) is 16.0. The quantitative estimate of drug-likeness (QED) is 0.0329. The van der Waals surface area contributed by atoms with Crippen molar-refractivity contribution in [2.45, 2.75) is 71.1 Å². The fourth-order valence-corrected chi connectivity index (χ4v) is 10.1. The van der Waals surface area contributed by atoms with Gasteiger partial charge in [0.1, 0.15) is 11.5 Å². The minimum Gasteiger partial charge on any atom is -0.507 e. The van der Waals surface area contributed by atoms with Crippen LogP contribution in [0.5, 0.6) is 0 Å². The molecule has 0 fully saturated rings. The van der Waals surface area contributed by atoms with Crippen LogP contribution in [0, 0.1) is 12.1 Å². The topological polar surface area (TPSA) is 100 Å². The minimum atomic E-state index is -0.529. The molecule has 2 radical (unpaired) electrons. The van der Waals surface area contributed by atoms with Crippen LogP contribution in [-0.4, -0.2) is 31.7 Å². The average molecular weight is 1420 g/mol. The second-order valence-electron chi connectivity index (χ2n) is 17.6. The molecule has 4 aromatic carbocycles. The first-order valence-corrected chi connectivity index (χ1v) is 26.5. The number of thiophene rings is 2. The maximum absolute atomic E-state index is 11.5. The van der Waals surface area contributed by atoms with E-state index in [4.69, 9.17) is 0 Å². The van der Waals surface area contributed by atoms with Crippen LogP contribution in [0.3, 0.4) is 0 Å². The molecule has 6 nitrogen and oxygen atoms in total. The molecule has 0 bridgehead atoms. The summed E-state index contributed by atoms with van der Waals surface area (Å²) in [4.78, 5) is 33.7. The van der Waals surface area contributed by atoms with Gasteiger partial charge in [0.25, 0.3) is 0 Å². The van der Waals surface area contributed by atoms with Crippen LogP contribution in [0.2, 0.25) is 0 Å². The number of carbonyl (C=O) groups is 2. The molecule has 0 unspecified atom stereocenters. The van der Waals surface area contributed by atoms with Crippen molar-refractivity contribution in [3.8, 4) is 54.5 Å². The summed E-state index contributed by atoms with van der Waals surface area (Å²) in [6.45, 7) is 8.58. The number of aliphatic hydroxyl groups is 2. The summed E-state index contributed by atoms with van der Waals surface area (Å²) in [5.41, 5.74) is 28.4. The van der Waals surface area contributed by atoms with Crippen LogP contribution in [0.4, 0.5) is 0 Å². The largest absolute Gasteiger partial charge is 0.507 e. The molecule has 0 saturated heterocycles. The van der Waals surface area contributed by atoms with E-state index in [0.29, 0.717) is 11.1 Å². The van der Waals surface area contributed by atoms with Crippen LogP contribution in [-0.2, 0) is 55.2 Å². The van der Waals surface area contributed by atoms with E-state index < -0.39 is 5.41 Å². The van der Waals surface area contributed by atoms with Crippen molar-refractivity contribution in [2.24, 2.45) is 0 Å². The second-order valence-corrected chi connectivity index (χ2v) is 19.5. The van der Waals surface area contributed by atoms with Gasteiger partial charge in [-0.2, -0.15) is 24.3 Å². The van der Waals surface area contributed by atoms with E-state index in [1.807, 2.05) is 108 Å². The molecular weight excluding hydrogens is 1350 g/mol. The molecule has 8 aromatic rings. The fourth-order valence-electron chi connectivity index (χ4n) is 8.76. The van der Waals surface area contributed by atoms with Crippen molar-refractivity contribution in [3.05, 3.63) is 250 Å². The van der Waals surface area contributed by atoms with E-state index >= 15 is 0 Å². The third kappa shape index (κ3) is 16.9. The number of rotatable bonds is 16. The van der Waals surface area contributed by atoms with Crippen LogP contribution < -0.4 is 0 Å². The maximum Gasteiger partial charge on any atom is 0.156 e. The zero-order valence-electron chi connectivity index (χ0n) is 43.0. The molecule has 0 spiro atoms. The molecule has 1 aliphatic carbocycles. The number of hydrogen-bond acceptors (Lipinski definition) is 8. The van der Waals surface area contributed by atoms with Crippen molar-refractivity contribution in [1.82, 2.24) is 9.97 Å². The van der Waals surface area contributed by atoms with Gasteiger partial charge in [-0.05, 0) is 136 Å². The number of carbonyl (C=O) groups excluding carboxylic acids is 2. The van der Waals surface area contributed by atoms with Crippen molar-refractivity contribution < 1.29 is 71.4 Å². The molecule has 77 heavy (non-hydrogen) atoms. The molecular formula is C67H72Ir2N2O4S2-2. The molecule has 0 amide bonds. The Hall–Kier alpha value is -7.28. The van der Waals surface area contributed by atoms with Gasteiger partial charge in [-0.15, -0.1) is 10.8 Å². The van der Waals surface area contributed by atoms with E-state index in [-0.39, 0.29) is 74.7 Å². The van der Waals surface area contributed by atoms with Crippen molar-refractivity contribution in [2.75, 3.05) is 0 Å². The number of nitrogens with zero attached hydrogens (tertiary/aromatic N) is 2. The molecule has 1 aliphatic rings. The molecule has 4 aromatic heterocycles. The van der Waals surface area contributed by atoms with Gasteiger partial charge >= 0.3 is 0 Å². The van der Waals surface area contributed by atoms with Gasteiger partial charge in [0.2, 0.25) is 0 Å². The normalized spacial score (nSPS) is 12.7. The van der Waals surface area contributed by atoms with E-state index in [9.17, 15) is 19.8 Å². The van der Waals surface area contributed by atoms with Gasteiger partial charge in [0.15, 0.2) is 11.6 Å². The molecule has 0 aliphatic heterocycles. The standard InChI is InChI=1S/C49H44O4.2C9H6NS.2Ir.8H2/c1-5-7-9-11-13-15-29-49(30-16-14-12-10-8-6-2)45-33-41(37-17-21-39(22-18-37)47(52)31-35(3)50)25-27-43(45)44-28-26-42(34-46(44)49)38-19-23-40(24-20-38)48(53)32-36(4)51;2*1-2-6-10-8(4-1)9-5-3-7-11-9;;;;;;;;;;/h17-29,31-34,52-53H,1,6,8,10,12,14,16,30H2,2-4H3;2*1-4,6-7H;;;8*1H/q;2*-1;;;;;;;;;;. The number of ketones is 2. The summed E-state index contributed by atoms with van der Waals surface area (Å²) < 4.78 is 0. The van der Waals surface area contributed by atoms with Crippen LogP contribution in [0.25, 0.3) is 66.0 Å². The first kappa shape index (κ1) is 60.6. The third-order valence-corrected chi connectivity index (χ3v) is 14.0. The molecule has 4 heterocycles. The molecule has 10 heteroatoms. The molecule has 2 N–H and O–H groups in total. The smallest absolute Gasteiger partial charge is 0.156 e. The maximum atomic E-state index is 11.5. The van der Waals surface area contributed by atoms with Gasteiger partial charge < -0.3 is 20.2 Å². The predicted molar refractivity (Wildman–Crippen MR) is 325 cm³/mol. The Bertz CT molecular complexity index is 3360. The zero-order valence-corrected chi connectivity index (χ0v) is 49.4.